The van der Waals surface area contributed by atoms with Gasteiger partial charge in [0.2, 0.25) is 0 Å². The molecular weight excluding hydrogens is 420 g/mol. The molecule has 0 saturated heterocycles. The molecule has 0 unspecified atom stereocenters. The molecule has 2 heterocycles. The maximum absolute atomic E-state index is 13.2. The minimum Gasteiger partial charge on any atom is -0.497 e. The molecule has 7 nitrogen and oxygen atoms in total. The van der Waals surface area contributed by atoms with Crippen LogP contribution in [0.3, 0.4) is 0 Å². The van der Waals surface area contributed by atoms with Crippen molar-refractivity contribution >= 4 is 39.3 Å². The van der Waals surface area contributed by atoms with Crippen LogP contribution < -0.4 is 9.47 Å². The molecule has 3 aromatic carbocycles. The number of nitrogens with zero attached hydrogens (tertiary/aromatic N) is 2. The SMILES string of the molecule is CCn1c2ccc(C(=O)c3ccc(OC)cc3)cc2c2c3c(ccc21)/C(=N/OC(C)=O)CO3. The molecule has 4 aromatic rings. The summed E-state index contributed by atoms with van der Waals surface area (Å²) >= 11 is 0. The van der Waals surface area contributed by atoms with Crippen LogP contribution in [0, 0.1) is 0 Å². The molecule has 0 aliphatic carbocycles. The molecule has 1 aromatic heterocycles. The lowest BCUT2D eigenvalue weighted by atomic mass is 10.00. The number of ketones is 1. The van der Waals surface area contributed by atoms with Crippen molar-refractivity contribution in [2.75, 3.05) is 13.7 Å². The zero-order valence-corrected chi connectivity index (χ0v) is 18.5. The second-order valence-corrected chi connectivity index (χ2v) is 7.78. The number of hydrogen-bond acceptors (Lipinski definition) is 6. The molecule has 0 N–H and O–H groups in total. The molecule has 5 rings (SSSR count). The van der Waals surface area contributed by atoms with Gasteiger partial charge in [-0.3, -0.25) is 4.79 Å². The lowest BCUT2D eigenvalue weighted by Crippen LogP contribution is -2.04. The first kappa shape index (κ1) is 20.8. The van der Waals surface area contributed by atoms with Crippen LogP contribution in [0.1, 0.15) is 35.3 Å². The molecule has 0 radical (unpaired) electrons. The van der Waals surface area contributed by atoms with Crippen molar-refractivity contribution in [3.05, 3.63) is 71.3 Å². The molecule has 0 bridgehead atoms. The van der Waals surface area contributed by atoms with Crippen LogP contribution in [0.2, 0.25) is 0 Å². The van der Waals surface area contributed by atoms with E-state index in [1.54, 1.807) is 31.4 Å². The number of aryl methyl sites for hydroxylation is 1. The van der Waals surface area contributed by atoms with Gasteiger partial charge >= 0.3 is 5.97 Å². The van der Waals surface area contributed by atoms with E-state index >= 15 is 0 Å². The van der Waals surface area contributed by atoms with Crippen LogP contribution in [-0.2, 0) is 16.2 Å². The molecule has 0 fully saturated rings. The third kappa shape index (κ3) is 3.42. The predicted molar refractivity (Wildman–Crippen MR) is 125 cm³/mol. The average molecular weight is 442 g/mol. The van der Waals surface area contributed by atoms with Gasteiger partial charge in [0.25, 0.3) is 0 Å². The zero-order valence-electron chi connectivity index (χ0n) is 18.5. The minimum atomic E-state index is -0.485. The number of ether oxygens (including phenoxy) is 2. The van der Waals surface area contributed by atoms with Gasteiger partial charge in [-0.15, -0.1) is 0 Å². The third-order valence-electron chi connectivity index (χ3n) is 5.86. The standard InChI is InChI=1S/C26H22N2O5/c1-4-28-22-11-7-17(25(30)16-5-8-18(31-3)9-6-16)13-20(22)24-23(28)12-10-19-21(14-32-26(19)24)27-33-15(2)29/h5-13H,4,14H2,1-3H3/b27-21+. The van der Waals surface area contributed by atoms with Gasteiger partial charge in [-0.05, 0) is 61.5 Å². The first-order valence-electron chi connectivity index (χ1n) is 10.7. The number of rotatable bonds is 5. The monoisotopic (exact) mass is 442 g/mol. The van der Waals surface area contributed by atoms with Gasteiger partial charge in [0.05, 0.1) is 18.0 Å². The summed E-state index contributed by atoms with van der Waals surface area (Å²) in [6.07, 6.45) is 0. The topological polar surface area (TPSA) is 79.1 Å². The van der Waals surface area contributed by atoms with Crippen molar-refractivity contribution in [3.8, 4) is 11.5 Å². The van der Waals surface area contributed by atoms with Crippen LogP contribution in [0.15, 0.2) is 59.8 Å². The fourth-order valence-corrected chi connectivity index (χ4v) is 4.34. The van der Waals surface area contributed by atoms with Gasteiger partial charge in [0.1, 0.15) is 23.8 Å². The van der Waals surface area contributed by atoms with E-state index in [0.717, 1.165) is 33.9 Å². The van der Waals surface area contributed by atoms with Crippen LogP contribution in [0.5, 0.6) is 11.5 Å². The molecule has 0 amide bonds. The van der Waals surface area contributed by atoms with E-state index < -0.39 is 5.97 Å². The molecule has 7 heteroatoms. The number of aromatic nitrogens is 1. The lowest BCUT2D eigenvalue weighted by molar-refractivity contribution is -0.140. The highest BCUT2D eigenvalue weighted by Crippen LogP contribution is 2.41. The smallest absolute Gasteiger partial charge is 0.331 e. The number of methoxy groups -OCH3 is 1. The molecule has 166 valence electrons. The first-order valence-corrected chi connectivity index (χ1v) is 10.7. The molecule has 0 atom stereocenters. The zero-order chi connectivity index (χ0) is 23.1. The number of carbonyl (C=O) groups is 2. The van der Waals surface area contributed by atoms with Gasteiger partial charge in [0, 0.05) is 41.1 Å². The van der Waals surface area contributed by atoms with Crippen molar-refractivity contribution in [2.24, 2.45) is 5.16 Å². The number of hydrogen-bond donors (Lipinski definition) is 0. The second-order valence-electron chi connectivity index (χ2n) is 7.78. The molecule has 0 saturated carbocycles. The highest BCUT2D eigenvalue weighted by molar-refractivity contribution is 6.20. The maximum Gasteiger partial charge on any atom is 0.331 e. The van der Waals surface area contributed by atoms with Gasteiger partial charge in [-0.2, -0.15) is 0 Å². The van der Waals surface area contributed by atoms with Gasteiger partial charge in [-0.25, -0.2) is 4.79 Å². The largest absolute Gasteiger partial charge is 0.497 e. The Labute approximate surface area is 190 Å². The van der Waals surface area contributed by atoms with E-state index in [-0.39, 0.29) is 12.4 Å². The van der Waals surface area contributed by atoms with Gasteiger partial charge in [-0.1, -0.05) is 5.16 Å². The van der Waals surface area contributed by atoms with Crippen molar-refractivity contribution in [1.82, 2.24) is 4.57 Å². The third-order valence-corrected chi connectivity index (χ3v) is 5.86. The molecule has 1 aliphatic rings. The minimum absolute atomic E-state index is 0.0671. The van der Waals surface area contributed by atoms with Crippen molar-refractivity contribution in [2.45, 2.75) is 20.4 Å². The Balaban J connectivity index is 1.67. The summed E-state index contributed by atoms with van der Waals surface area (Å²) in [4.78, 5) is 29.2. The highest BCUT2D eigenvalue weighted by atomic mass is 16.7. The fourth-order valence-electron chi connectivity index (χ4n) is 4.34. The van der Waals surface area contributed by atoms with Crippen molar-refractivity contribution in [3.63, 3.8) is 0 Å². The Morgan fingerprint density at radius 2 is 1.76 bits per heavy atom. The Kier molecular flexibility index (Phi) is 5.09. The summed E-state index contributed by atoms with van der Waals surface area (Å²) in [5, 5.41) is 5.79. The summed E-state index contributed by atoms with van der Waals surface area (Å²) < 4.78 is 13.4. The highest BCUT2D eigenvalue weighted by Gasteiger charge is 2.26. The van der Waals surface area contributed by atoms with E-state index in [4.69, 9.17) is 14.3 Å². The van der Waals surface area contributed by atoms with Gasteiger partial charge in [0.15, 0.2) is 5.78 Å². The number of benzene rings is 3. The lowest BCUT2D eigenvalue weighted by Gasteiger charge is -2.05. The summed E-state index contributed by atoms with van der Waals surface area (Å²) in [6, 6.07) is 16.8. The van der Waals surface area contributed by atoms with Crippen molar-refractivity contribution < 1.29 is 23.9 Å². The van der Waals surface area contributed by atoms with E-state index in [1.807, 2.05) is 30.3 Å². The van der Waals surface area contributed by atoms with Crippen LogP contribution in [0.4, 0.5) is 0 Å². The van der Waals surface area contributed by atoms with Crippen LogP contribution in [0.25, 0.3) is 21.8 Å². The second kappa shape index (κ2) is 8.09. The number of fused-ring (bicyclic) bond motifs is 5. The molecule has 33 heavy (non-hydrogen) atoms. The molecule has 0 spiro atoms. The summed E-state index contributed by atoms with van der Waals surface area (Å²) in [5.41, 5.74) is 4.55. The van der Waals surface area contributed by atoms with Gasteiger partial charge < -0.3 is 18.9 Å². The van der Waals surface area contributed by atoms with E-state index in [1.165, 1.54) is 6.92 Å². The Morgan fingerprint density at radius 1 is 1.03 bits per heavy atom. The normalized spacial score (nSPS) is 13.8. The van der Waals surface area contributed by atoms with E-state index in [0.29, 0.717) is 28.3 Å². The van der Waals surface area contributed by atoms with Crippen LogP contribution in [-0.4, -0.2) is 35.7 Å². The average Bonchev–Trinajstić information content (AvgIpc) is 3.40. The number of oxime groups is 1. The Morgan fingerprint density at radius 3 is 2.45 bits per heavy atom. The van der Waals surface area contributed by atoms with E-state index in [2.05, 4.69) is 16.6 Å². The Hall–Kier alpha value is -4.13. The molecule has 1 aliphatic heterocycles. The Bertz CT molecular complexity index is 1450. The fraction of sp³-hybridized carbons (Fsp3) is 0.192. The molecular formula is C26H22N2O5. The van der Waals surface area contributed by atoms with Crippen molar-refractivity contribution in [1.29, 1.82) is 0 Å². The number of carbonyl (C=O) groups excluding carboxylic acids is 2. The summed E-state index contributed by atoms with van der Waals surface area (Å²) in [6.45, 7) is 4.36. The first-order chi connectivity index (χ1) is 16.0. The summed E-state index contributed by atoms with van der Waals surface area (Å²) in [7, 11) is 1.59. The van der Waals surface area contributed by atoms with Crippen LogP contribution >= 0.6 is 0 Å². The summed E-state index contributed by atoms with van der Waals surface area (Å²) in [5.74, 6) is 0.834. The maximum atomic E-state index is 13.2. The van der Waals surface area contributed by atoms with E-state index in [9.17, 15) is 9.59 Å². The predicted octanol–water partition coefficient (Wildman–Crippen LogP) is 4.71. The quantitative estimate of drug-likeness (QED) is 0.254.